The first-order valence-corrected chi connectivity index (χ1v) is 10.7. The Bertz CT molecular complexity index is 651. The lowest BCUT2D eigenvalue weighted by molar-refractivity contribution is -0.127. The van der Waals surface area contributed by atoms with Crippen LogP contribution in [0.1, 0.15) is 68.3 Å². The molecule has 1 aromatic rings. The Hall–Kier alpha value is -1.82. The van der Waals surface area contributed by atoms with Crippen molar-refractivity contribution in [3.8, 4) is 0 Å². The van der Waals surface area contributed by atoms with Crippen LogP contribution in [0, 0.1) is 19.8 Å². The van der Waals surface area contributed by atoms with Gasteiger partial charge in [0.15, 0.2) is 0 Å². The third kappa shape index (κ3) is 6.09. The summed E-state index contributed by atoms with van der Waals surface area (Å²) < 4.78 is 5.49. The highest BCUT2D eigenvalue weighted by Gasteiger charge is 2.30. The summed E-state index contributed by atoms with van der Waals surface area (Å²) >= 11 is 0. The summed E-state index contributed by atoms with van der Waals surface area (Å²) in [5.41, 5.74) is 0.614. The van der Waals surface area contributed by atoms with Crippen LogP contribution in [0.25, 0.3) is 0 Å². The van der Waals surface area contributed by atoms with E-state index in [1.165, 1.54) is 0 Å². The number of piperidine rings is 1. The maximum Gasteiger partial charge on any atom is 0.257 e. The van der Waals surface area contributed by atoms with Crippen molar-refractivity contribution in [2.45, 2.75) is 66.3 Å². The normalized spacial score (nSPS) is 18.4. The zero-order valence-corrected chi connectivity index (χ0v) is 18.2. The number of aryl methyl sites for hydroxylation is 2. The fraction of sp³-hybridized carbons (Fsp3) is 0.727. The van der Waals surface area contributed by atoms with Crippen molar-refractivity contribution in [2.75, 3.05) is 32.7 Å². The van der Waals surface area contributed by atoms with Gasteiger partial charge < -0.3 is 19.5 Å². The van der Waals surface area contributed by atoms with Crippen molar-refractivity contribution in [1.82, 2.24) is 15.1 Å². The number of furan rings is 1. The van der Waals surface area contributed by atoms with Gasteiger partial charge in [-0.15, -0.1) is 0 Å². The minimum Gasteiger partial charge on any atom is -0.466 e. The summed E-state index contributed by atoms with van der Waals surface area (Å²) in [5, 5.41) is 3.16. The van der Waals surface area contributed by atoms with Crippen LogP contribution >= 0.6 is 0 Å². The van der Waals surface area contributed by atoms with E-state index in [1.54, 1.807) is 11.0 Å². The van der Waals surface area contributed by atoms with Crippen LogP contribution in [-0.2, 0) is 4.79 Å². The minimum atomic E-state index is -0.128. The maximum absolute atomic E-state index is 12.8. The fourth-order valence-electron chi connectivity index (χ4n) is 3.98. The van der Waals surface area contributed by atoms with E-state index in [-0.39, 0.29) is 23.8 Å². The molecule has 0 saturated carbocycles. The number of nitrogens with one attached hydrogen (secondary N) is 1. The third-order valence-corrected chi connectivity index (χ3v) is 5.75. The number of nitrogens with zero attached hydrogens (tertiary/aromatic N) is 2. The Kier molecular flexibility index (Phi) is 8.55. The van der Waals surface area contributed by atoms with Crippen molar-refractivity contribution in [1.29, 1.82) is 0 Å². The Balaban J connectivity index is 1.83. The van der Waals surface area contributed by atoms with E-state index < -0.39 is 0 Å². The quantitative estimate of drug-likeness (QED) is 0.701. The van der Waals surface area contributed by atoms with Gasteiger partial charge in [0.1, 0.15) is 11.5 Å². The van der Waals surface area contributed by atoms with Crippen molar-refractivity contribution in [3.63, 3.8) is 0 Å². The van der Waals surface area contributed by atoms with Gasteiger partial charge in [-0.05, 0) is 72.2 Å². The molecule has 1 aliphatic rings. The topological polar surface area (TPSA) is 65.8 Å². The molecule has 0 bridgehead atoms. The SMILES string of the molecule is CCN(CC)CCCC(C)NC(=O)C1CCCN(C(=O)c2cc(C)oc2C)C1. The molecule has 0 radical (unpaired) electrons. The van der Waals surface area contributed by atoms with Crippen LogP contribution in [0.4, 0.5) is 0 Å². The number of hydrogen-bond acceptors (Lipinski definition) is 4. The second-order valence-electron chi connectivity index (χ2n) is 8.00. The van der Waals surface area contributed by atoms with Gasteiger partial charge >= 0.3 is 0 Å². The van der Waals surface area contributed by atoms with Gasteiger partial charge in [-0.2, -0.15) is 0 Å². The molecule has 0 aromatic carbocycles. The van der Waals surface area contributed by atoms with Crippen LogP contribution < -0.4 is 5.32 Å². The lowest BCUT2D eigenvalue weighted by Crippen LogP contribution is -2.47. The van der Waals surface area contributed by atoms with Crippen LogP contribution in [0.15, 0.2) is 10.5 Å². The van der Waals surface area contributed by atoms with E-state index >= 15 is 0 Å². The molecule has 1 saturated heterocycles. The highest BCUT2D eigenvalue weighted by atomic mass is 16.3. The van der Waals surface area contributed by atoms with Gasteiger partial charge in [0.05, 0.1) is 11.5 Å². The molecule has 2 heterocycles. The van der Waals surface area contributed by atoms with Gasteiger partial charge in [-0.25, -0.2) is 0 Å². The van der Waals surface area contributed by atoms with Crippen LogP contribution in [0.3, 0.4) is 0 Å². The van der Waals surface area contributed by atoms with E-state index in [1.807, 2.05) is 13.8 Å². The number of carbonyl (C=O) groups is 2. The zero-order chi connectivity index (χ0) is 20.7. The molecular formula is C22H37N3O3. The second-order valence-corrected chi connectivity index (χ2v) is 8.00. The van der Waals surface area contributed by atoms with Crippen LogP contribution in [-0.4, -0.2) is 60.4 Å². The Morgan fingerprint density at radius 1 is 1.32 bits per heavy atom. The Labute approximate surface area is 169 Å². The summed E-state index contributed by atoms with van der Waals surface area (Å²) in [5.74, 6) is 1.31. The molecule has 2 amide bonds. The van der Waals surface area contributed by atoms with Crippen molar-refractivity contribution < 1.29 is 14.0 Å². The molecule has 0 spiro atoms. The van der Waals surface area contributed by atoms with E-state index in [0.29, 0.717) is 24.4 Å². The Morgan fingerprint density at radius 3 is 2.64 bits per heavy atom. The smallest absolute Gasteiger partial charge is 0.257 e. The highest BCUT2D eigenvalue weighted by Crippen LogP contribution is 2.22. The molecular weight excluding hydrogens is 354 g/mol. The first-order valence-electron chi connectivity index (χ1n) is 10.7. The van der Waals surface area contributed by atoms with E-state index in [0.717, 1.165) is 51.1 Å². The first kappa shape index (κ1) is 22.5. The van der Waals surface area contributed by atoms with Crippen LogP contribution in [0.5, 0.6) is 0 Å². The largest absolute Gasteiger partial charge is 0.466 e. The molecule has 2 atom stereocenters. The average Bonchev–Trinajstić information content (AvgIpc) is 3.02. The van der Waals surface area contributed by atoms with Crippen molar-refractivity contribution in [3.05, 3.63) is 23.2 Å². The summed E-state index contributed by atoms with van der Waals surface area (Å²) in [6.45, 7) is 14.5. The molecule has 0 aliphatic carbocycles. The van der Waals surface area contributed by atoms with E-state index in [2.05, 4.69) is 31.0 Å². The third-order valence-electron chi connectivity index (χ3n) is 5.75. The van der Waals surface area contributed by atoms with Gasteiger partial charge in [0.2, 0.25) is 5.91 Å². The van der Waals surface area contributed by atoms with Crippen molar-refractivity contribution in [2.24, 2.45) is 5.92 Å². The zero-order valence-electron chi connectivity index (χ0n) is 18.2. The summed E-state index contributed by atoms with van der Waals surface area (Å²) in [6, 6.07) is 1.95. The molecule has 1 aromatic heterocycles. The maximum atomic E-state index is 12.8. The second kappa shape index (κ2) is 10.6. The average molecular weight is 392 g/mol. The number of likely N-dealkylation sites (tertiary alicyclic amines) is 1. The summed E-state index contributed by atoms with van der Waals surface area (Å²) in [4.78, 5) is 29.7. The molecule has 6 nitrogen and oxygen atoms in total. The van der Waals surface area contributed by atoms with Gasteiger partial charge in [-0.1, -0.05) is 13.8 Å². The molecule has 1 aliphatic heterocycles. The van der Waals surface area contributed by atoms with Gasteiger partial charge in [0.25, 0.3) is 5.91 Å². The molecule has 28 heavy (non-hydrogen) atoms. The molecule has 2 unspecified atom stereocenters. The monoisotopic (exact) mass is 391 g/mol. The van der Waals surface area contributed by atoms with Gasteiger partial charge in [0, 0.05) is 19.1 Å². The number of hydrogen-bond donors (Lipinski definition) is 1. The van der Waals surface area contributed by atoms with Crippen LogP contribution in [0.2, 0.25) is 0 Å². The molecule has 6 heteroatoms. The number of rotatable bonds is 9. The lowest BCUT2D eigenvalue weighted by Gasteiger charge is -2.32. The molecule has 1 N–H and O–H groups in total. The minimum absolute atomic E-state index is 0.0286. The number of carbonyl (C=O) groups excluding carboxylic acids is 2. The fourth-order valence-corrected chi connectivity index (χ4v) is 3.98. The highest BCUT2D eigenvalue weighted by molar-refractivity contribution is 5.95. The standard InChI is InChI=1S/C22H37N3O3/c1-6-24(7-2)12-8-10-16(3)23-21(26)19-11-9-13-25(15-19)22(27)20-14-17(4)28-18(20)5/h14,16,19H,6-13,15H2,1-5H3,(H,23,26). The molecule has 158 valence electrons. The Morgan fingerprint density at radius 2 is 2.04 bits per heavy atom. The molecule has 2 rings (SSSR count). The summed E-state index contributed by atoms with van der Waals surface area (Å²) in [6.07, 6.45) is 3.75. The number of amides is 2. The predicted octanol–water partition coefficient (Wildman–Crippen LogP) is 3.38. The van der Waals surface area contributed by atoms with E-state index in [4.69, 9.17) is 4.42 Å². The predicted molar refractivity (Wildman–Crippen MR) is 111 cm³/mol. The van der Waals surface area contributed by atoms with Gasteiger partial charge in [-0.3, -0.25) is 9.59 Å². The van der Waals surface area contributed by atoms with Crippen molar-refractivity contribution >= 4 is 11.8 Å². The summed E-state index contributed by atoms with van der Waals surface area (Å²) in [7, 11) is 0. The first-order chi connectivity index (χ1) is 13.3. The van der Waals surface area contributed by atoms with E-state index in [9.17, 15) is 9.59 Å². The molecule has 1 fully saturated rings. The lowest BCUT2D eigenvalue weighted by atomic mass is 9.96.